The molecular weight excluding hydrogens is 184 g/mol. The van der Waals surface area contributed by atoms with Crippen molar-refractivity contribution in [3.8, 4) is 0 Å². The van der Waals surface area contributed by atoms with Crippen molar-refractivity contribution in [2.24, 2.45) is 0 Å². The number of rotatable bonds is 1. The summed E-state index contributed by atoms with van der Waals surface area (Å²) >= 11 is 0. The molecule has 1 fully saturated rings. The van der Waals surface area contributed by atoms with Gasteiger partial charge in [0.25, 0.3) is 0 Å². The molecule has 0 N–H and O–H groups in total. The molecule has 0 radical (unpaired) electrons. The zero-order valence-corrected chi connectivity index (χ0v) is 10.2. The summed E-state index contributed by atoms with van der Waals surface area (Å²) in [6.07, 6.45) is 8.24. The van der Waals surface area contributed by atoms with Gasteiger partial charge in [-0.05, 0) is 27.3 Å². The molecule has 1 aliphatic heterocycles. The van der Waals surface area contributed by atoms with E-state index in [1.54, 1.807) is 0 Å². The maximum absolute atomic E-state index is 2.59. The maximum Gasteiger partial charge on any atom is 0.0550 e. The summed E-state index contributed by atoms with van der Waals surface area (Å²) < 4.78 is 0. The highest BCUT2D eigenvalue weighted by Crippen LogP contribution is 2.26. The van der Waals surface area contributed by atoms with Gasteiger partial charge in [0.15, 0.2) is 0 Å². The molecule has 0 aromatic rings. The van der Waals surface area contributed by atoms with Gasteiger partial charge < -0.3 is 4.90 Å². The normalized spacial score (nSPS) is 34.2. The molecule has 1 atom stereocenters. The van der Waals surface area contributed by atoms with Gasteiger partial charge in [0.2, 0.25) is 0 Å². The van der Waals surface area contributed by atoms with Crippen LogP contribution in [0, 0.1) is 0 Å². The predicted molar refractivity (Wildman–Crippen MR) is 65.0 cm³/mol. The van der Waals surface area contributed by atoms with Crippen molar-refractivity contribution >= 4 is 0 Å². The number of piperazine rings is 1. The van der Waals surface area contributed by atoms with Crippen molar-refractivity contribution in [2.75, 3.05) is 33.2 Å². The average Bonchev–Trinajstić information content (AvgIpc) is 2.18. The van der Waals surface area contributed by atoms with Crippen molar-refractivity contribution in [3.05, 3.63) is 23.8 Å². The molecule has 0 bridgehead atoms. The summed E-state index contributed by atoms with van der Waals surface area (Å²) in [5.74, 6) is 0. The molecule has 1 aliphatic carbocycles. The first-order valence-electron chi connectivity index (χ1n) is 5.90. The van der Waals surface area contributed by atoms with Crippen LogP contribution in [0.4, 0.5) is 0 Å². The van der Waals surface area contributed by atoms with Crippen LogP contribution >= 0.6 is 0 Å². The zero-order valence-electron chi connectivity index (χ0n) is 10.2. The second kappa shape index (κ2) is 4.11. The predicted octanol–water partition coefficient (Wildman–Crippen LogP) is 1.90. The van der Waals surface area contributed by atoms with Gasteiger partial charge in [-0.3, -0.25) is 4.90 Å². The summed E-state index contributed by atoms with van der Waals surface area (Å²) in [7, 11) is 2.21. The number of likely N-dealkylation sites (N-methyl/N-ethyl adjacent to an activating group) is 1. The van der Waals surface area contributed by atoms with Crippen LogP contribution in [0.1, 0.15) is 20.3 Å². The Hall–Kier alpha value is -0.600. The first-order chi connectivity index (χ1) is 7.10. The van der Waals surface area contributed by atoms with E-state index in [1.807, 2.05) is 0 Å². The molecule has 2 nitrogen and oxygen atoms in total. The third-order valence-electron chi connectivity index (χ3n) is 3.62. The number of nitrogens with zero attached hydrogens (tertiary/aromatic N) is 2. The Labute approximate surface area is 93.2 Å². The second-order valence-electron chi connectivity index (χ2n) is 5.11. The van der Waals surface area contributed by atoms with Crippen molar-refractivity contribution in [1.82, 2.24) is 9.80 Å². The minimum atomic E-state index is 0.170. The largest absolute Gasteiger partial charge is 0.304 e. The Morgan fingerprint density at radius 2 is 1.87 bits per heavy atom. The fourth-order valence-corrected chi connectivity index (χ4v) is 2.57. The molecule has 2 heteroatoms. The molecule has 0 saturated carbocycles. The quantitative estimate of drug-likeness (QED) is 0.605. The monoisotopic (exact) mass is 206 g/mol. The molecule has 1 unspecified atom stereocenters. The highest BCUT2D eigenvalue weighted by atomic mass is 15.3. The number of allylic oxidation sites excluding steroid dienone is 2. The van der Waals surface area contributed by atoms with Crippen LogP contribution in [0.5, 0.6) is 0 Å². The van der Waals surface area contributed by atoms with Crippen LogP contribution in [0.25, 0.3) is 0 Å². The topological polar surface area (TPSA) is 6.48 Å². The third kappa shape index (κ3) is 2.32. The van der Waals surface area contributed by atoms with E-state index in [0.717, 1.165) is 6.42 Å². The first kappa shape index (κ1) is 10.9. The van der Waals surface area contributed by atoms with Crippen LogP contribution in [0.3, 0.4) is 0 Å². The van der Waals surface area contributed by atoms with Gasteiger partial charge >= 0.3 is 0 Å². The van der Waals surface area contributed by atoms with Crippen molar-refractivity contribution in [3.63, 3.8) is 0 Å². The van der Waals surface area contributed by atoms with Crippen LogP contribution < -0.4 is 0 Å². The lowest BCUT2D eigenvalue weighted by molar-refractivity contribution is 0.103. The maximum atomic E-state index is 2.59. The van der Waals surface area contributed by atoms with Crippen LogP contribution in [-0.4, -0.2) is 48.6 Å². The van der Waals surface area contributed by atoms with Gasteiger partial charge in [-0.2, -0.15) is 0 Å². The number of hydrogen-bond donors (Lipinski definition) is 0. The zero-order chi connectivity index (χ0) is 10.9. The highest BCUT2D eigenvalue weighted by Gasteiger charge is 2.30. The minimum Gasteiger partial charge on any atom is -0.304 e. The Morgan fingerprint density at radius 1 is 1.20 bits per heavy atom. The van der Waals surface area contributed by atoms with E-state index in [-0.39, 0.29) is 5.54 Å². The smallest absolute Gasteiger partial charge is 0.0550 e. The molecule has 0 amide bonds. The average molecular weight is 206 g/mol. The molecule has 2 aliphatic rings. The summed E-state index contributed by atoms with van der Waals surface area (Å²) in [4.78, 5) is 5.00. The van der Waals surface area contributed by atoms with E-state index in [2.05, 4.69) is 48.9 Å². The molecule has 0 aromatic carbocycles. The van der Waals surface area contributed by atoms with E-state index >= 15 is 0 Å². The Morgan fingerprint density at radius 3 is 2.47 bits per heavy atom. The Kier molecular flexibility index (Phi) is 2.98. The molecule has 2 rings (SSSR count). The third-order valence-corrected chi connectivity index (χ3v) is 3.62. The molecule has 15 heavy (non-hydrogen) atoms. The van der Waals surface area contributed by atoms with E-state index in [9.17, 15) is 0 Å². The first-order valence-corrected chi connectivity index (χ1v) is 5.90. The van der Waals surface area contributed by atoms with Crippen LogP contribution in [0.15, 0.2) is 23.8 Å². The lowest BCUT2D eigenvalue weighted by Gasteiger charge is -2.43. The van der Waals surface area contributed by atoms with Gasteiger partial charge in [0, 0.05) is 26.2 Å². The molecular formula is C13H22N2. The van der Waals surface area contributed by atoms with E-state index in [4.69, 9.17) is 0 Å². The summed E-state index contributed by atoms with van der Waals surface area (Å²) in [6, 6.07) is 0. The fraction of sp³-hybridized carbons (Fsp3) is 0.692. The molecule has 84 valence electrons. The molecule has 0 spiro atoms. The second-order valence-corrected chi connectivity index (χ2v) is 5.11. The van der Waals surface area contributed by atoms with E-state index < -0.39 is 0 Å². The SMILES string of the molecule is CC1=CC(C)(N2CCN(C)CC2)C=CC1. The Bertz CT molecular complexity index is 285. The fourth-order valence-electron chi connectivity index (χ4n) is 2.57. The number of hydrogen-bond acceptors (Lipinski definition) is 2. The molecule has 1 saturated heterocycles. The van der Waals surface area contributed by atoms with Gasteiger partial charge in [-0.15, -0.1) is 0 Å². The van der Waals surface area contributed by atoms with E-state index in [0.29, 0.717) is 0 Å². The van der Waals surface area contributed by atoms with Crippen molar-refractivity contribution in [1.29, 1.82) is 0 Å². The highest BCUT2D eigenvalue weighted by molar-refractivity contribution is 5.27. The summed E-state index contributed by atoms with van der Waals surface area (Å²) in [6.45, 7) is 9.31. The van der Waals surface area contributed by atoms with E-state index in [1.165, 1.54) is 31.8 Å². The standard InChI is InChI=1S/C13H22N2/c1-12-5-4-6-13(2,11-12)15-9-7-14(3)8-10-15/h4,6,11H,5,7-10H2,1-3H3. The van der Waals surface area contributed by atoms with Crippen LogP contribution in [0.2, 0.25) is 0 Å². The lowest BCUT2D eigenvalue weighted by atomic mass is 9.90. The van der Waals surface area contributed by atoms with Gasteiger partial charge in [-0.25, -0.2) is 0 Å². The lowest BCUT2D eigenvalue weighted by Crippen LogP contribution is -2.53. The van der Waals surface area contributed by atoms with Gasteiger partial charge in [0.1, 0.15) is 0 Å². The minimum absolute atomic E-state index is 0.170. The van der Waals surface area contributed by atoms with Gasteiger partial charge in [0.05, 0.1) is 5.54 Å². The van der Waals surface area contributed by atoms with Crippen molar-refractivity contribution in [2.45, 2.75) is 25.8 Å². The Balaban J connectivity index is 2.09. The van der Waals surface area contributed by atoms with Crippen LogP contribution in [-0.2, 0) is 0 Å². The van der Waals surface area contributed by atoms with Crippen molar-refractivity contribution < 1.29 is 0 Å². The molecule has 1 heterocycles. The summed E-state index contributed by atoms with van der Waals surface area (Å²) in [5.41, 5.74) is 1.67. The summed E-state index contributed by atoms with van der Waals surface area (Å²) in [5, 5.41) is 0. The molecule has 0 aromatic heterocycles. The van der Waals surface area contributed by atoms with Gasteiger partial charge in [-0.1, -0.05) is 23.8 Å².